The number of hydrogen-bond donors (Lipinski definition) is 1. The van der Waals surface area contributed by atoms with Crippen LogP contribution in [-0.2, 0) is 6.61 Å². The summed E-state index contributed by atoms with van der Waals surface area (Å²) in [4.78, 5) is 12.0. The van der Waals surface area contributed by atoms with Gasteiger partial charge < -0.3 is 4.74 Å². The molecule has 0 aliphatic rings. The molecule has 0 unspecified atom stereocenters. The summed E-state index contributed by atoms with van der Waals surface area (Å²) in [5, 5.41) is 4.04. The number of aryl methyl sites for hydroxylation is 1. The van der Waals surface area contributed by atoms with E-state index in [0.717, 1.165) is 11.1 Å². The topological polar surface area (TPSA) is 50.7 Å². The van der Waals surface area contributed by atoms with Crippen LogP contribution in [0, 0.1) is 6.92 Å². The molecule has 0 spiro atoms. The van der Waals surface area contributed by atoms with Crippen LogP contribution in [0.5, 0.6) is 5.75 Å². The van der Waals surface area contributed by atoms with E-state index >= 15 is 0 Å². The van der Waals surface area contributed by atoms with Crippen LogP contribution in [-0.4, -0.2) is 12.1 Å². The van der Waals surface area contributed by atoms with Crippen molar-refractivity contribution in [3.05, 3.63) is 101 Å². The average molecular weight is 344 g/mol. The lowest BCUT2D eigenvalue weighted by molar-refractivity contribution is 0.0955. The second kappa shape index (κ2) is 8.62. The van der Waals surface area contributed by atoms with E-state index in [2.05, 4.69) is 29.6 Å². The highest BCUT2D eigenvalue weighted by molar-refractivity contribution is 5.95. The van der Waals surface area contributed by atoms with Crippen LogP contribution in [0.25, 0.3) is 0 Å². The van der Waals surface area contributed by atoms with Crippen molar-refractivity contribution in [1.82, 2.24) is 5.43 Å². The normalized spacial score (nSPS) is 10.7. The maximum atomic E-state index is 12.0. The first-order valence-electron chi connectivity index (χ1n) is 8.38. The van der Waals surface area contributed by atoms with Crippen LogP contribution in [0.2, 0.25) is 0 Å². The Bertz CT molecular complexity index is 888. The number of nitrogens with one attached hydrogen (secondary N) is 1. The SMILES string of the molecule is Cc1ccc(COc2ccccc2/C=N/NC(=O)c2ccccc2)cc1. The van der Waals surface area contributed by atoms with Gasteiger partial charge in [0.15, 0.2) is 0 Å². The van der Waals surface area contributed by atoms with E-state index in [1.165, 1.54) is 5.56 Å². The fourth-order valence-electron chi connectivity index (χ4n) is 2.38. The van der Waals surface area contributed by atoms with Gasteiger partial charge in [0.1, 0.15) is 12.4 Å². The van der Waals surface area contributed by atoms with Crippen molar-refractivity contribution >= 4 is 12.1 Å². The molecule has 1 N–H and O–H groups in total. The number of amides is 1. The third-order valence-corrected chi connectivity index (χ3v) is 3.84. The molecule has 0 aliphatic heterocycles. The van der Waals surface area contributed by atoms with Crippen LogP contribution in [0.3, 0.4) is 0 Å². The van der Waals surface area contributed by atoms with Gasteiger partial charge in [-0.3, -0.25) is 4.79 Å². The molecule has 0 aromatic heterocycles. The molecule has 4 heteroatoms. The van der Waals surface area contributed by atoms with Gasteiger partial charge in [-0.05, 0) is 36.8 Å². The molecule has 0 radical (unpaired) electrons. The molecule has 0 atom stereocenters. The first-order chi connectivity index (χ1) is 12.7. The highest BCUT2D eigenvalue weighted by Gasteiger charge is 2.04. The zero-order chi connectivity index (χ0) is 18.2. The molecular formula is C22H20N2O2. The molecular weight excluding hydrogens is 324 g/mol. The van der Waals surface area contributed by atoms with Crippen LogP contribution in [0.4, 0.5) is 0 Å². The average Bonchev–Trinajstić information content (AvgIpc) is 2.69. The summed E-state index contributed by atoms with van der Waals surface area (Å²) >= 11 is 0. The Kier molecular flexibility index (Phi) is 5.78. The van der Waals surface area contributed by atoms with E-state index in [4.69, 9.17) is 4.74 Å². The Morgan fingerprint density at radius 3 is 2.42 bits per heavy atom. The largest absolute Gasteiger partial charge is 0.488 e. The monoisotopic (exact) mass is 344 g/mol. The Morgan fingerprint density at radius 2 is 1.65 bits per heavy atom. The minimum absolute atomic E-state index is 0.250. The van der Waals surface area contributed by atoms with Crippen molar-refractivity contribution in [3.63, 3.8) is 0 Å². The van der Waals surface area contributed by atoms with Crippen LogP contribution in [0.15, 0.2) is 84.0 Å². The van der Waals surface area contributed by atoms with Crippen LogP contribution in [0.1, 0.15) is 27.0 Å². The molecule has 3 aromatic carbocycles. The number of nitrogens with zero attached hydrogens (tertiary/aromatic N) is 1. The zero-order valence-electron chi connectivity index (χ0n) is 14.6. The first-order valence-corrected chi connectivity index (χ1v) is 8.38. The molecule has 0 fully saturated rings. The zero-order valence-corrected chi connectivity index (χ0v) is 14.6. The van der Waals surface area contributed by atoms with Gasteiger partial charge in [-0.15, -0.1) is 0 Å². The van der Waals surface area contributed by atoms with Gasteiger partial charge in [-0.25, -0.2) is 5.43 Å². The van der Waals surface area contributed by atoms with Crippen molar-refractivity contribution in [3.8, 4) is 5.75 Å². The summed E-state index contributed by atoms with van der Waals surface area (Å²) in [7, 11) is 0. The van der Waals surface area contributed by atoms with E-state index in [-0.39, 0.29) is 5.91 Å². The molecule has 0 aliphatic carbocycles. The maximum absolute atomic E-state index is 12.0. The minimum Gasteiger partial charge on any atom is -0.488 e. The predicted molar refractivity (Wildman–Crippen MR) is 103 cm³/mol. The summed E-state index contributed by atoms with van der Waals surface area (Å²) in [6.45, 7) is 2.53. The summed E-state index contributed by atoms with van der Waals surface area (Å²) < 4.78 is 5.90. The van der Waals surface area contributed by atoms with Crippen molar-refractivity contribution in [2.24, 2.45) is 5.10 Å². The predicted octanol–water partition coefficient (Wildman–Crippen LogP) is 4.34. The van der Waals surface area contributed by atoms with Gasteiger partial charge in [0.05, 0.1) is 6.21 Å². The number of para-hydroxylation sites is 1. The van der Waals surface area contributed by atoms with Gasteiger partial charge in [0.25, 0.3) is 5.91 Å². The minimum atomic E-state index is -0.250. The lowest BCUT2D eigenvalue weighted by Gasteiger charge is -2.09. The Labute approximate surface area is 153 Å². The molecule has 0 bridgehead atoms. The molecule has 3 rings (SSSR count). The smallest absolute Gasteiger partial charge is 0.271 e. The lowest BCUT2D eigenvalue weighted by atomic mass is 10.1. The summed E-state index contributed by atoms with van der Waals surface area (Å²) in [5.41, 5.74) is 6.21. The molecule has 0 saturated heterocycles. The van der Waals surface area contributed by atoms with Gasteiger partial charge in [0, 0.05) is 11.1 Å². The van der Waals surface area contributed by atoms with Crippen molar-refractivity contribution < 1.29 is 9.53 Å². The number of ether oxygens (including phenoxy) is 1. The second-order valence-corrected chi connectivity index (χ2v) is 5.88. The molecule has 0 saturated carbocycles. The van der Waals surface area contributed by atoms with Crippen LogP contribution < -0.4 is 10.2 Å². The van der Waals surface area contributed by atoms with Crippen molar-refractivity contribution in [1.29, 1.82) is 0 Å². The fraction of sp³-hybridized carbons (Fsp3) is 0.0909. The number of benzene rings is 3. The number of hydrazone groups is 1. The number of hydrogen-bond acceptors (Lipinski definition) is 3. The van der Waals surface area contributed by atoms with Gasteiger partial charge >= 0.3 is 0 Å². The number of carbonyl (C=O) groups is 1. The Morgan fingerprint density at radius 1 is 0.962 bits per heavy atom. The van der Waals surface area contributed by atoms with E-state index in [1.54, 1.807) is 18.3 Å². The van der Waals surface area contributed by atoms with Gasteiger partial charge in [-0.1, -0.05) is 60.2 Å². The third kappa shape index (κ3) is 4.80. The maximum Gasteiger partial charge on any atom is 0.271 e. The molecule has 4 nitrogen and oxygen atoms in total. The highest BCUT2D eigenvalue weighted by Crippen LogP contribution is 2.17. The molecule has 130 valence electrons. The third-order valence-electron chi connectivity index (χ3n) is 3.84. The summed E-state index contributed by atoms with van der Waals surface area (Å²) in [5.74, 6) is 0.464. The number of carbonyl (C=O) groups excluding carboxylic acids is 1. The van der Waals surface area contributed by atoms with Crippen LogP contribution >= 0.6 is 0 Å². The lowest BCUT2D eigenvalue weighted by Crippen LogP contribution is -2.17. The van der Waals surface area contributed by atoms with Gasteiger partial charge in [0.2, 0.25) is 0 Å². The van der Waals surface area contributed by atoms with E-state index in [1.807, 2.05) is 54.6 Å². The fourth-order valence-corrected chi connectivity index (χ4v) is 2.38. The molecule has 1 amide bonds. The van der Waals surface area contributed by atoms with E-state index in [0.29, 0.717) is 17.9 Å². The van der Waals surface area contributed by atoms with E-state index < -0.39 is 0 Å². The highest BCUT2D eigenvalue weighted by atomic mass is 16.5. The standard InChI is InChI=1S/C22H20N2O2/c1-17-11-13-18(14-12-17)16-26-21-10-6-5-9-20(21)15-23-24-22(25)19-7-3-2-4-8-19/h2-15H,16H2,1H3,(H,24,25)/b23-15+. The quantitative estimate of drug-likeness (QED) is 0.534. The van der Waals surface area contributed by atoms with Crippen molar-refractivity contribution in [2.45, 2.75) is 13.5 Å². The summed E-state index contributed by atoms with van der Waals surface area (Å²) in [6.07, 6.45) is 1.59. The first kappa shape index (κ1) is 17.4. The second-order valence-electron chi connectivity index (χ2n) is 5.88. The van der Waals surface area contributed by atoms with Crippen molar-refractivity contribution in [2.75, 3.05) is 0 Å². The molecule has 0 heterocycles. The van der Waals surface area contributed by atoms with E-state index in [9.17, 15) is 4.79 Å². The Hall–Kier alpha value is -3.40. The van der Waals surface area contributed by atoms with Gasteiger partial charge in [-0.2, -0.15) is 5.10 Å². The molecule has 26 heavy (non-hydrogen) atoms. The molecule has 3 aromatic rings. The Balaban J connectivity index is 1.63. The number of rotatable bonds is 6. The summed E-state index contributed by atoms with van der Waals surface area (Å²) in [6, 6.07) is 24.8.